The molecular formula is C53H37BN4S. The molecule has 0 fully saturated rings. The summed E-state index contributed by atoms with van der Waals surface area (Å²) in [6.07, 6.45) is 0. The fourth-order valence-electron chi connectivity index (χ4n) is 9.58. The van der Waals surface area contributed by atoms with Crippen LogP contribution in [0, 0.1) is 6.92 Å². The maximum atomic E-state index is 2.56. The standard InChI is InChI=1S/C53H37BN4S/c1-36-33-47-49-48(34-36)58(41-27-15-6-16-28-41)51-50-52(43-29-17-18-30-45(43)57(50)40-25-13-5-14-26-40)59-53(51)54(49)44-35-42(31-32-46(44)56(47)39-23-11-4-12-24-39)55(37-19-7-2-8-20-37)38-21-9-3-10-22-38/h2-35H,1H3. The molecule has 0 saturated carbocycles. The highest BCUT2D eigenvalue weighted by atomic mass is 32.1. The van der Waals surface area contributed by atoms with Gasteiger partial charge in [-0.2, -0.15) is 0 Å². The number of para-hydroxylation sites is 6. The maximum Gasteiger partial charge on any atom is 0.264 e. The second kappa shape index (κ2) is 13.4. The number of thiophene rings is 1. The van der Waals surface area contributed by atoms with E-state index in [0.29, 0.717) is 0 Å². The van der Waals surface area contributed by atoms with Crippen LogP contribution in [0.3, 0.4) is 0 Å². The molecule has 12 rings (SSSR count). The van der Waals surface area contributed by atoms with Crippen LogP contribution in [0.4, 0.5) is 51.2 Å². The van der Waals surface area contributed by atoms with E-state index in [1.54, 1.807) is 0 Å². The fraction of sp³-hybridized carbons (Fsp3) is 0.0189. The first-order valence-electron chi connectivity index (χ1n) is 20.2. The van der Waals surface area contributed by atoms with Crippen LogP contribution in [-0.4, -0.2) is 11.3 Å². The van der Waals surface area contributed by atoms with E-state index in [0.717, 1.165) is 34.1 Å². The van der Waals surface area contributed by atoms with Gasteiger partial charge in [0, 0.05) is 61.3 Å². The topological polar surface area (TPSA) is 14.7 Å². The predicted octanol–water partition coefficient (Wildman–Crippen LogP) is 12.7. The van der Waals surface area contributed by atoms with Crippen LogP contribution in [0.5, 0.6) is 0 Å². The van der Waals surface area contributed by atoms with Gasteiger partial charge in [-0.25, -0.2) is 0 Å². The summed E-state index contributed by atoms with van der Waals surface area (Å²) in [4.78, 5) is 7.45. The third kappa shape index (κ3) is 5.16. The lowest BCUT2D eigenvalue weighted by atomic mass is 9.36. The second-order valence-corrected chi connectivity index (χ2v) is 16.5. The van der Waals surface area contributed by atoms with Crippen molar-refractivity contribution < 1.29 is 0 Å². The van der Waals surface area contributed by atoms with E-state index in [1.807, 2.05) is 11.3 Å². The summed E-state index contributed by atoms with van der Waals surface area (Å²) in [5.74, 6) is 0. The predicted molar refractivity (Wildman–Crippen MR) is 252 cm³/mol. The lowest BCUT2D eigenvalue weighted by Gasteiger charge is -2.43. The van der Waals surface area contributed by atoms with Gasteiger partial charge in [-0.3, -0.25) is 0 Å². The van der Waals surface area contributed by atoms with Crippen LogP contribution in [0.15, 0.2) is 206 Å². The van der Waals surface area contributed by atoms with Gasteiger partial charge in [-0.15, -0.1) is 11.3 Å². The summed E-state index contributed by atoms with van der Waals surface area (Å²) < 4.78 is 5.16. The van der Waals surface area contributed by atoms with Crippen molar-refractivity contribution in [3.05, 3.63) is 212 Å². The average Bonchev–Trinajstić information content (AvgIpc) is 3.83. The lowest BCUT2D eigenvalue weighted by Crippen LogP contribution is -2.60. The van der Waals surface area contributed by atoms with Crippen molar-refractivity contribution in [2.24, 2.45) is 0 Å². The van der Waals surface area contributed by atoms with Crippen molar-refractivity contribution in [3.8, 4) is 5.69 Å². The minimum absolute atomic E-state index is 0.0285. The van der Waals surface area contributed by atoms with Crippen molar-refractivity contribution in [1.29, 1.82) is 0 Å². The van der Waals surface area contributed by atoms with Gasteiger partial charge in [0.25, 0.3) is 6.71 Å². The maximum absolute atomic E-state index is 2.56. The van der Waals surface area contributed by atoms with E-state index in [-0.39, 0.29) is 6.71 Å². The number of aromatic nitrogens is 1. The molecule has 6 heteroatoms. The fourth-order valence-corrected chi connectivity index (χ4v) is 11.0. The number of nitrogens with zero attached hydrogens (tertiary/aromatic N) is 4. The first-order valence-corrected chi connectivity index (χ1v) is 21.0. The van der Waals surface area contributed by atoms with E-state index in [9.17, 15) is 0 Å². The van der Waals surface area contributed by atoms with Gasteiger partial charge in [0.15, 0.2) is 0 Å². The molecular weight excluding hydrogens is 735 g/mol. The summed E-state index contributed by atoms with van der Waals surface area (Å²) in [6, 6.07) is 75.1. The van der Waals surface area contributed by atoms with E-state index in [4.69, 9.17) is 0 Å². The number of aryl methyl sites for hydroxylation is 1. The molecule has 4 nitrogen and oxygen atoms in total. The number of rotatable bonds is 6. The van der Waals surface area contributed by atoms with Gasteiger partial charge < -0.3 is 19.3 Å². The smallest absolute Gasteiger partial charge is 0.264 e. The molecule has 2 aliphatic heterocycles. The van der Waals surface area contributed by atoms with Gasteiger partial charge in [0.2, 0.25) is 0 Å². The Morgan fingerprint density at radius 2 is 1.00 bits per heavy atom. The normalized spacial score (nSPS) is 12.7. The minimum atomic E-state index is -0.0285. The number of benzene rings is 8. The highest BCUT2D eigenvalue weighted by molar-refractivity contribution is 7.34. The Hall–Kier alpha value is -7.28. The Balaban J connectivity index is 1.22. The molecule has 0 unspecified atom stereocenters. The quantitative estimate of drug-likeness (QED) is 0.156. The first kappa shape index (κ1) is 33.8. The van der Waals surface area contributed by atoms with Crippen molar-refractivity contribution in [2.75, 3.05) is 14.7 Å². The van der Waals surface area contributed by atoms with Crippen molar-refractivity contribution >= 4 is 106 Å². The summed E-state index contributed by atoms with van der Waals surface area (Å²) in [5, 5.41) is 1.27. The third-order valence-corrected chi connectivity index (χ3v) is 13.2. The van der Waals surface area contributed by atoms with E-state index in [1.165, 1.54) is 65.1 Å². The van der Waals surface area contributed by atoms with Gasteiger partial charge in [-0.1, -0.05) is 109 Å². The lowest BCUT2D eigenvalue weighted by molar-refractivity contribution is 1.17. The average molecular weight is 773 g/mol. The molecule has 0 amide bonds. The molecule has 2 aliphatic rings. The molecule has 0 spiro atoms. The van der Waals surface area contributed by atoms with Crippen LogP contribution in [0.2, 0.25) is 0 Å². The van der Waals surface area contributed by atoms with Crippen molar-refractivity contribution in [2.45, 2.75) is 6.92 Å². The van der Waals surface area contributed by atoms with E-state index in [2.05, 4.69) is 232 Å². The highest BCUT2D eigenvalue weighted by Gasteiger charge is 2.46. The molecule has 0 saturated heterocycles. The SMILES string of the molecule is Cc1cc2c3c(c1)N(c1ccccc1)c1c(sc4c5ccccc5n(-c5ccccc5)c14)B3c1cc(N(c3ccccc3)c3ccccc3)ccc1N2c1ccccc1. The zero-order chi connectivity index (χ0) is 39.0. The number of hydrogen-bond donors (Lipinski definition) is 0. The van der Waals surface area contributed by atoms with Crippen LogP contribution < -0.4 is 30.4 Å². The van der Waals surface area contributed by atoms with Gasteiger partial charge >= 0.3 is 0 Å². The molecule has 278 valence electrons. The zero-order valence-corrected chi connectivity index (χ0v) is 33.2. The third-order valence-electron chi connectivity index (χ3n) is 11.9. The molecule has 10 aromatic rings. The monoisotopic (exact) mass is 772 g/mol. The van der Waals surface area contributed by atoms with Gasteiger partial charge in [0.1, 0.15) is 0 Å². The number of hydrogen-bond acceptors (Lipinski definition) is 4. The molecule has 0 aliphatic carbocycles. The van der Waals surface area contributed by atoms with Crippen molar-refractivity contribution in [3.63, 3.8) is 0 Å². The van der Waals surface area contributed by atoms with E-state index >= 15 is 0 Å². The largest absolute Gasteiger partial charge is 0.311 e. The Morgan fingerprint density at radius 1 is 0.475 bits per heavy atom. The van der Waals surface area contributed by atoms with Crippen molar-refractivity contribution in [1.82, 2.24) is 4.57 Å². The second-order valence-electron chi connectivity index (χ2n) is 15.4. The Labute approximate surface area is 348 Å². The Kier molecular flexibility index (Phi) is 7.69. The molecule has 0 N–H and O–H groups in total. The minimum Gasteiger partial charge on any atom is -0.311 e. The number of anilines is 9. The Morgan fingerprint density at radius 3 is 1.63 bits per heavy atom. The van der Waals surface area contributed by atoms with Gasteiger partial charge in [0.05, 0.1) is 21.4 Å². The first-order chi connectivity index (χ1) is 29.2. The summed E-state index contributed by atoms with van der Waals surface area (Å²) >= 11 is 1.96. The van der Waals surface area contributed by atoms with Gasteiger partial charge in [-0.05, 0) is 120 Å². The van der Waals surface area contributed by atoms with E-state index < -0.39 is 0 Å². The summed E-state index contributed by atoms with van der Waals surface area (Å²) in [7, 11) is 0. The number of fused-ring (bicyclic) bond motifs is 8. The molecule has 2 aromatic heterocycles. The van der Waals surface area contributed by atoms with Crippen LogP contribution in [0.25, 0.3) is 26.8 Å². The Bertz CT molecular complexity index is 3140. The molecule has 8 aromatic carbocycles. The molecule has 0 radical (unpaired) electrons. The summed E-state index contributed by atoms with van der Waals surface area (Å²) in [5.41, 5.74) is 18.0. The molecule has 59 heavy (non-hydrogen) atoms. The van der Waals surface area contributed by atoms with Crippen LogP contribution >= 0.6 is 11.3 Å². The zero-order valence-electron chi connectivity index (χ0n) is 32.4. The van der Waals surface area contributed by atoms with Crippen LogP contribution in [0.1, 0.15) is 5.56 Å². The highest BCUT2D eigenvalue weighted by Crippen LogP contribution is 2.51. The van der Waals surface area contributed by atoms with Crippen LogP contribution in [-0.2, 0) is 0 Å². The summed E-state index contributed by atoms with van der Waals surface area (Å²) in [6.45, 7) is 2.22. The molecule has 0 bridgehead atoms. The molecule has 4 heterocycles. The molecule has 0 atom stereocenters.